The van der Waals surface area contributed by atoms with Gasteiger partial charge in [0.25, 0.3) is 0 Å². The first-order chi connectivity index (χ1) is 18.4. The molecule has 0 atom stereocenters. The predicted molar refractivity (Wildman–Crippen MR) is 146 cm³/mol. The van der Waals surface area contributed by atoms with Crippen LogP contribution in [0.25, 0.3) is 55.7 Å². The van der Waals surface area contributed by atoms with Crippen LogP contribution in [0.4, 0.5) is 4.39 Å². The summed E-state index contributed by atoms with van der Waals surface area (Å²) in [5, 5.41) is 18.4. The van der Waals surface area contributed by atoms with Crippen molar-refractivity contribution < 1.29 is 14.2 Å². The Bertz CT molecular complexity index is 1750. The molecule has 0 fully saturated rings. The van der Waals surface area contributed by atoms with Crippen LogP contribution in [0, 0.1) is 5.82 Å². The van der Waals surface area contributed by atoms with Gasteiger partial charge in [-0.15, -0.1) is 0 Å². The Balaban J connectivity index is 1.38. The summed E-state index contributed by atoms with van der Waals surface area (Å²) in [5.41, 5.74) is 6.77. The topological polar surface area (TPSA) is 103 Å². The Morgan fingerprint density at radius 2 is 1.87 bits per heavy atom. The van der Waals surface area contributed by atoms with Crippen molar-refractivity contribution >= 4 is 21.9 Å². The lowest BCUT2D eigenvalue weighted by molar-refractivity contribution is 0.261. The molecule has 4 heterocycles. The highest BCUT2D eigenvalue weighted by molar-refractivity contribution is 6.00. The Morgan fingerprint density at radius 1 is 0.974 bits per heavy atom. The minimum absolute atomic E-state index is 0.121. The average molecular weight is 509 g/mol. The minimum Gasteiger partial charge on any atom is -0.508 e. The largest absolute Gasteiger partial charge is 0.508 e. The molecule has 0 bridgehead atoms. The number of aromatic nitrogens is 5. The number of halogens is 1. The SMILES string of the molecule is CN(C)CCOc1cncc(-c2ccc3[nH]nc(-c4cc5c(-c6cc(O)cc(F)c6)cccc5[nH]4)c3n2)c1. The summed E-state index contributed by atoms with van der Waals surface area (Å²) >= 11 is 0. The van der Waals surface area contributed by atoms with Crippen LogP contribution in [-0.4, -0.2) is 62.4 Å². The van der Waals surface area contributed by atoms with Gasteiger partial charge >= 0.3 is 0 Å². The number of aromatic hydroxyl groups is 1. The molecule has 0 aliphatic heterocycles. The Kier molecular flexibility index (Phi) is 5.97. The molecule has 0 saturated heterocycles. The third-order valence-corrected chi connectivity index (χ3v) is 6.34. The van der Waals surface area contributed by atoms with Gasteiger partial charge in [0.15, 0.2) is 0 Å². The molecule has 9 heteroatoms. The molecule has 8 nitrogen and oxygen atoms in total. The van der Waals surface area contributed by atoms with Crippen LogP contribution in [0.1, 0.15) is 0 Å². The van der Waals surface area contributed by atoms with E-state index in [0.717, 1.165) is 51.5 Å². The van der Waals surface area contributed by atoms with Gasteiger partial charge in [-0.05, 0) is 67.7 Å². The average Bonchev–Trinajstić information content (AvgIpc) is 3.51. The number of likely N-dealkylation sites (N-methyl/N-ethyl adjacent to an activating group) is 1. The molecular formula is C29H25FN6O2. The van der Waals surface area contributed by atoms with Gasteiger partial charge in [0.1, 0.15) is 35.1 Å². The molecule has 3 N–H and O–H groups in total. The number of H-pyrrole nitrogens is 2. The van der Waals surface area contributed by atoms with Gasteiger partial charge < -0.3 is 19.7 Å². The Labute approximate surface area is 217 Å². The fraction of sp³-hybridized carbons (Fsp3) is 0.138. The maximum absolute atomic E-state index is 14.0. The van der Waals surface area contributed by atoms with Crippen molar-refractivity contribution in [3.05, 3.63) is 78.9 Å². The molecule has 0 aliphatic carbocycles. The zero-order valence-electron chi connectivity index (χ0n) is 20.9. The monoisotopic (exact) mass is 508 g/mol. The van der Waals surface area contributed by atoms with Gasteiger partial charge in [0, 0.05) is 35.3 Å². The summed E-state index contributed by atoms with van der Waals surface area (Å²) in [5.74, 6) is 0.0686. The van der Waals surface area contributed by atoms with E-state index in [1.54, 1.807) is 18.5 Å². The van der Waals surface area contributed by atoms with Crippen LogP contribution in [0.2, 0.25) is 0 Å². The lowest BCUT2D eigenvalue weighted by atomic mass is 10.0. The summed E-state index contributed by atoms with van der Waals surface area (Å²) in [4.78, 5) is 14.7. The van der Waals surface area contributed by atoms with E-state index >= 15 is 0 Å². The van der Waals surface area contributed by atoms with Gasteiger partial charge in [-0.1, -0.05) is 12.1 Å². The number of nitrogens with zero attached hydrogens (tertiary/aromatic N) is 4. The van der Waals surface area contributed by atoms with Crippen LogP contribution < -0.4 is 4.74 Å². The third-order valence-electron chi connectivity index (χ3n) is 6.34. The van der Waals surface area contributed by atoms with Crippen LogP contribution in [-0.2, 0) is 0 Å². The minimum atomic E-state index is -0.496. The molecule has 6 rings (SSSR count). The van der Waals surface area contributed by atoms with Crippen molar-refractivity contribution in [2.75, 3.05) is 27.2 Å². The van der Waals surface area contributed by atoms with Crippen LogP contribution >= 0.6 is 0 Å². The number of phenols is 1. The van der Waals surface area contributed by atoms with E-state index in [9.17, 15) is 9.50 Å². The first-order valence-electron chi connectivity index (χ1n) is 12.1. The highest BCUT2D eigenvalue weighted by Crippen LogP contribution is 2.35. The van der Waals surface area contributed by atoms with Crippen LogP contribution in [0.15, 0.2) is 73.1 Å². The number of rotatable bonds is 7. The smallest absolute Gasteiger partial charge is 0.138 e. The summed E-state index contributed by atoms with van der Waals surface area (Å²) in [7, 11) is 4.00. The zero-order valence-corrected chi connectivity index (χ0v) is 20.9. The van der Waals surface area contributed by atoms with E-state index in [0.29, 0.717) is 29.1 Å². The van der Waals surface area contributed by atoms with E-state index in [4.69, 9.17) is 9.72 Å². The number of nitrogens with one attached hydrogen (secondary N) is 2. The third kappa shape index (κ3) is 4.55. The van der Waals surface area contributed by atoms with Crippen LogP contribution in [0.3, 0.4) is 0 Å². The molecule has 6 aromatic rings. The van der Waals surface area contributed by atoms with Crippen molar-refractivity contribution in [3.63, 3.8) is 0 Å². The molecule has 0 unspecified atom stereocenters. The van der Waals surface area contributed by atoms with Crippen molar-refractivity contribution in [2.45, 2.75) is 0 Å². The Hall–Kier alpha value is -4.76. The summed E-state index contributed by atoms with van der Waals surface area (Å²) < 4.78 is 19.9. The second-order valence-corrected chi connectivity index (χ2v) is 9.37. The number of phenolic OH excluding ortho intramolecular Hbond substituents is 1. The number of ether oxygens (including phenoxy) is 1. The number of fused-ring (bicyclic) bond motifs is 2. The number of pyridine rings is 2. The molecule has 0 aliphatic rings. The Morgan fingerprint density at radius 3 is 2.71 bits per heavy atom. The summed E-state index contributed by atoms with van der Waals surface area (Å²) in [6.07, 6.45) is 3.46. The number of aromatic amines is 2. The van der Waals surface area contributed by atoms with Gasteiger partial charge in [-0.25, -0.2) is 9.37 Å². The van der Waals surface area contributed by atoms with E-state index < -0.39 is 5.82 Å². The fourth-order valence-electron chi connectivity index (χ4n) is 4.50. The number of benzene rings is 2. The maximum atomic E-state index is 14.0. The van der Waals surface area contributed by atoms with Crippen molar-refractivity contribution in [2.24, 2.45) is 0 Å². The van der Waals surface area contributed by atoms with E-state index in [1.807, 2.05) is 56.6 Å². The normalized spacial score (nSPS) is 11.6. The van der Waals surface area contributed by atoms with Crippen LogP contribution in [0.5, 0.6) is 11.5 Å². The second-order valence-electron chi connectivity index (χ2n) is 9.37. The predicted octanol–water partition coefficient (Wildman–Crippen LogP) is 5.62. The number of hydrogen-bond donors (Lipinski definition) is 3. The quantitative estimate of drug-likeness (QED) is 0.259. The molecule has 0 amide bonds. The van der Waals surface area contributed by atoms with Gasteiger partial charge in [-0.2, -0.15) is 5.10 Å². The molecule has 0 radical (unpaired) electrons. The fourth-order valence-corrected chi connectivity index (χ4v) is 4.50. The van der Waals surface area contributed by atoms with Crippen molar-refractivity contribution in [3.8, 4) is 45.3 Å². The molecule has 38 heavy (non-hydrogen) atoms. The highest BCUT2D eigenvalue weighted by Gasteiger charge is 2.16. The molecule has 0 spiro atoms. The number of hydrogen-bond acceptors (Lipinski definition) is 6. The van der Waals surface area contributed by atoms with Crippen molar-refractivity contribution in [1.29, 1.82) is 0 Å². The zero-order chi connectivity index (χ0) is 26.2. The standard InChI is InChI=1S/C29H25FN6O2/c1-36(2)8-9-38-21-12-18(15-31-16-21)24-6-7-26-28(33-24)29(35-34-26)27-14-23-22(4-3-5-25(23)32-27)17-10-19(30)13-20(37)11-17/h3-7,10-16,32,37H,8-9H2,1-2H3,(H,34,35). The van der Waals surface area contributed by atoms with Gasteiger partial charge in [0.05, 0.1) is 23.1 Å². The maximum Gasteiger partial charge on any atom is 0.138 e. The molecule has 0 saturated carbocycles. The second kappa shape index (κ2) is 9.60. The van der Waals surface area contributed by atoms with Crippen molar-refractivity contribution in [1.82, 2.24) is 30.0 Å². The lowest BCUT2D eigenvalue weighted by Gasteiger charge is -2.11. The summed E-state index contributed by atoms with van der Waals surface area (Å²) in [6.45, 7) is 1.37. The molecule has 190 valence electrons. The van der Waals surface area contributed by atoms with Gasteiger partial charge in [-0.3, -0.25) is 10.1 Å². The van der Waals surface area contributed by atoms with E-state index in [2.05, 4.69) is 25.1 Å². The molecular weight excluding hydrogens is 483 g/mol. The highest BCUT2D eigenvalue weighted by atomic mass is 19.1. The molecule has 2 aromatic carbocycles. The first kappa shape index (κ1) is 23.6. The summed E-state index contributed by atoms with van der Waals surface area (Å²) in [6, 6.07) is 17.5. The van der Waals surface area contributed by atoms with Gasteiger partial charge in [0.2, 0.25) is 0 Å². The lowest BCUT2D eigenvalue weighted by Crippen LogP contribution is -2.19. The van der Waals surface area contributed by atoms with E-state index in [-0.39, 0.29) is 5.75 Å². The first-order valence-corrected chi connectivity index (χ1v) is 12.1. The van der Waals surface area contributed by atoms with E-state index in [1.165, 1.54) is 6.07 Å². The molecule has 4 aromatic heterocycles.